The number of hydrogen-bond donors (Lipinski definition) is 0. The standard InChI is InChI=1S/C70H48N6/c1-47-17-27-58(28-18-47)75-67-15-5-3-13-63(67)65-43-61(37-39-69(65)75)73(55-31-21-49(45-71)22-32-55)57-35-25-51(26-36-57)52-9-7-10-53(41-52)54-11-8-12-60(42-54)74(56-33-23-50(46-72)24-34-56)62-38-40-70-66(44-62)64-14-4-6-16-68(64)76(70)59-29-19-48(2)20-30-59/h3-44H,1-2H3. The van der Waals surface area contributed by atoms with Crippen molar-refractivity contribution in [2.45, 2.75) is 13.8 Å². The smallest absolute Gasteiger partial charge is 0.0991 e. The predicted molar refractivity (Wildman–Crippen MR) is 314 cm³/mol. The summed E-state index contributed by atoms with van der Waals surface area (Å²) in [4.78, 5) is 4.55. The van der Waals surface area contributed by atoms with E-state index < -0.39 is 0 Å². The Hall–Kier alpha value is -10.4. The van der Waals surface area contributed by atoms with Crippen molar-refractivity contribution in [2.75, 3.05) is 9.80 Å². The molecule has 358 valence electrons. The summed E-state index contributed by atoms with van der Waals surface area (Å²) in [5.74, 6) is 0. The molecule has 13 rings (SSSR count). The fourth-order valence-electron chi connectivity index (χ4n) is 10.9. The van der Waals surface area contributed by atoms with Crippen LogP contribution in [-0.4, -0.2) is 9.13 Å². The molecular formula is C70H48N6. The van der Waals surface area contributed by atoms with Gasteiger partial charge in [-0.2, -0.15) is 10.5 Å². The Labute approximate surface area is 441 Å². The molecule has 0 saturated carbocycles. The van der Waals surface area contributed by atoms with Gasteiger partial charge in [0.05, 0.1) is 45.3 Å². The molecule has 0 fully saturated rings. The van der Waals surface area contributed by atoms with Crippen LogP contribution >= 0.6 is 0 Å². The topological polar surface area (TPSA) is 63.9 Å². The molecule has 2 aromatic heterocycles. The third-order valence-electron chi connectivity index (χ3n) is 14.7. The second-order valence-electron chi connectivity index (χ2n) is 19.4. The van der Waals surface area contributed by atoms with E-state index in [0.717, 1.165) is 101 Å². The first-order valence-corrected chi connectivity index (χ1v) is 25.5. The molecule has 0 saturated heterocycles. The van der Waals surface area contributed by atoms with Crippen molar-refractivity contribution < 1.29 is 0 Å². The quantitative estimate of drug-likeness (QED) is 0.137. The first kappa shape index (κ1) is 45.5. The highest BCUT2D eigenvalue weighted by atomic mass is 15.1. The van der Waals surface area contributed by atoms with Crippen molar-refractivity contribution in [1.82, 2.24) is 9.13 Å². The number of aryl methyl sites for hydroxylation is 2. The summed E-state index contributed by atoms with van der Waals surface area (Å²) >= 11 is 0. The molecule has 0 unspecified atom stereocenters. The molecule has 6 nitrogen and oxygen atoms in total. The number of nitrogens with zero attached hydrogens (tertiary/aromatic N) is 6. The second-order valence-corrected chi connectivity index (χ2v) is 19.4. The van der Waals surface area contributed by atoms with Gasteiger partial charge in [0.25, 0.3) is 0 Å². The summed E-state index contributed by atoms with van der Waals surface area (Å²) in [6, 6.07) is 94.5. The Morgan fingerprint density at radius 2 is 0.658 bits per heavy atom. The lowest BCUT2D eigenvalue weighted by molar-refractivity contribution is 1.17. The van der Waals surface area contributed by atoms with Crippen LogP contribution in [0.15, 0.2) is 255 Å². The Morgan fingerprint density at radius 1 is 0.289 bits per heavy atom. The van der Waals surface area contributed by atoms with E-state index in [-0.39, 0.29) is 0 Å². The van der Waals surface area contributed by atoms with Gasteiger partial charge in [-0.3, -0.25) is 0 Å². The number of nitriles is 2. The number of hydrogen-bond acceptors (Lipinski definition) is 4. The second kappa shape index (κ2) is 18.9. The zero-order chi connectivity index (χ0) is 51.3. The van der Waals surface area contributed by atoms with Crippen LogP contribution in [0.25, 0.3) is 77.2 Å². The summed E-state index contributed by atoms with van der Waals surface area (Å²) in [5.41, 5.74) is 20.8. The number of anilines is 6. The van der Waals surface area contributed by atoms with Crippen LogP contribution in [0.1, 0.15) is 22.3 Å². The summed E-state index contributed by atoms with van der Waals surface area (Å²) in [6.07, 6.45) is 0. The van der Waals surface area contributed by atoms with Gasteiger partial charge < -0.3 is 18.9 Å². The monoisotopic (exact) mass is 972 g/mol. The molecule has 11 aromatic carbocycles. The van der Waals surface area contributed by atoms with Crippen LogP contribution in [0.3, 0.4) is 0 Å². The van der Waals surface area contributed by atoms with Gasteiger partial charge in [0.15, 0.2) is 0 Å². The van der Waals surface area contributed by atoms with E-state index in [4.69, 9.17) is 0 Å². The highest BCUT2D eigenvalue weighted by Crippen LogP contribution is 2.43. The van der Waals surface area contributed by atoms with Gasteiger partial charge in [0, 0.05) is 67.0 Å². The fraction of sp³-hybridized carbons (Fsp3) is 0.0286. The van der Waals surface area contributed by atoms with Gasteiger partial charge in [0.2, 0.25) is 0 Å². The van der Waals surface area contributed by atoms with Gasteiger partial charge in [-0.25, -0.2) is 0 Å². The van der Waals surface area contributed by atoms with Crippen LogP contribution in [0.2, 0.25) is 0 Å². The van der Waals surface area contributed by atoms with Gasteiger partial charge in [-0.05, 0) is 188 Å². The van der Waals surface area contributed by atoms with Crippen LogP contribution in [0, 0.1) is 36.5 Å². The zero-order valence-electron chi connectivity index (χ0n) is 41.9. The SMILES string of the molecule is Cc1ccc(-n2c3ccccc3c3cc(N(c4ccc(C#N)cc4)c4ccc(-c5cccc(-c6cccc(N(c7ccc(C#N)cc7)c7ccc8c(c7)c7ccccc7n8-c7ccc(C)cc7)c6)c5)cc4)ccc32)cc1. The van der Waals surface area contributed by atoms with Gasteiger partial charge in [-0.15, -0.1) is 0 Å². The Bertz CT molecular complexity index is 4420. The van der Waals surface area contributed by atoms with Gasteiger partial charge in [0.1, 0.15) is 0 Å². The van der Waals surface area contributed by atoms with E-state index in [1.807, 2.05) is 48.5 Å². The van der Waals surface area contributed by atoms with E-state index in [9.17, 15) is 10.5 Å². The minimum Gasteiger partial charge on any atom is -0.310 e. The lowest BCUT2D eigenvalue weighted by atomic mass is 9.98. The van der Waals surface area contributed by atoms with Crippen molar-refractivity contribution in [3.63, 3.8) is 0 Å². The van der Waals surface area contributed by atoms with Crippen LogP contribution < -0.4 is 9.80 Å². The predicted octanol–water partition coefficient (Wildman–Crippen LogP) is 18.5. The lowest BCUT2D eigenvalue weighted by Crippen LogP contribution is -2.10. The molecule has 0 N–H and O–H groups in total. The molecule has 0 aliphatic rings. The zero-order valence-corrected chi connectivity index (χ0v) is 41.9. The molecule has 0 aliphatic heterocycles. The Balaban J connectivity index is 0.863. The molecule has 13 aromatic rings. The molecule has 0 atom stereocenters. The van der Waals surface area contributed by atoms with Crippen molar-refractivity contribution in [2.24, 2.45) is 0 Å². The van der Waals surface area contributed by atoms with Crippen molar-refractivity contribution in [1.29, 1.82) is 10.5 Å². The van der Waals surface area contributed by atoms with E-state index in [0.29, 0.717) is 11.1 Å². The summed E-state index contributed by atoms with van der Waals surface area (Å²) in [5, 5.41) is 24.2. The van der Waals surface area contributed by atoms with Crippen molar-refractivity contribution in [3.8, 4) is 45.8 Å². The molecule has 2 heterocycles. The first-order valence-electron chi connectivity index (χ1n) is 25.5. The lowest BCUT2D eigenvalue weighted by Gasteiger charge is -2.26. The number of rotatable bonds is 10. The number of fused-ring (bicyclic) bond motifs is 6. The molecule has 0 spiro atoms. The van der Waals surface area contributed by atoms with Crippen molar-refractivity contribution >= 4 is 77.7 Å². The minimum atomic E-state index is 0.612. The molecule has 0 amide bonds. The summed E-state index contributed by atoms with van der Waals surface area (Å²) in [7, 11) is 0. The average molecular weight is 973 g/mol. The van der Waals surface area contributed by atoms with Crippen LogP contribution in [0.5, 0.6) is 0 Å². The average Bonchev–Trinajstić information content (AvgIpc) is 4.05. The Kier molecular flexibility index (Phi) is 11.3. The maximum Gasteiger partial charge on any atom is 0.0991 e. The van der Waals surface area contributed by atoms with Crippen LogP contribution in [0.4, 0.5) is 34.1 Å². The van der Waals surface area contributed by atoms with E-state index in [1.165, 1.54) is 21.9 Å². The molecule has 0 bridgehead atoms. The van der Waals surface area contributed by atoms with E-state index in [2.05, 4.69) is 251 Å². The summed E-state index contributed by atoms with van der Waals surface area (Å²) in [6.45, 7) is 4.24. The van der Waals surface area contributed by atoms with Crippen molar-refractivity contribution in [3.05, 3.63) is 277 Å². The summed E-state index contributed by atoms with van der Waals surface area (Å²) < 4.78 is 4.69. The Morgan fingerprint density at radius 3 is 1.13 bits per heavy atom. The van der Waals surface area contributed by atoms with E-state index >= 15 is 0 Å². The molecular weight excluding hydrogens is 925 g/mol. The number of benzene rings is 11. The highest BCUT2D eigenvalue weighted by Gasteiger charge is 2.21. The molecule has 76 heavy (non-hydrogen) atoms. The first-order chi connectivity index (χ1) is 37.4. The molecule has 6 heteroatoms. The largest absolute Gasteiger partial charge is 0.310 e. The number of para-hydroxylation sites is 2. The molecule has 0 radical (unpaired) electrons. The highest BCUT2D eigenvalue weighted by molar-refractivity contribution is 6.12. The number of aromatic nitrogens is 2. The van der Waals surface area contributed by atoms with Crippen LogP contribution in [-0.2, 0) is 0 Å². The fourth-order valence-corrected chi connectivity index (χ4v) is 10.9. The maximum absolute atomic E-state index is 9.77. The minimum absolute atomic E-state index is 0.612. The molecule has 0 aliphatic carbocycles. The van der Waals surface area contributed by atoms with Gasteiger partial charge >= 0.3 is 0 Å². The third-order valence-corrected chi connectivity index (χ3v) is 14.7. The van der Waals surface area contributed by atoms with Gasteiger partial charge in [-0.1, -0.05) is 114 Å². The maximum atomic E-state index is 9.77. The van der Waals surface area contributed by atoms with E-state index in [1.54, 1.807) is 0 Å². The normalized spacial score (nSPS) is 11.3. The third kappa shape index (κ3) is 8.08.